The summed E-state index contributed by atoms with van der Waals surface area (Å²) >= 11 is 5.96. The molecule has 0 saturated carbocycles. The van der Waals surface area contributed by atoms with E-state index in [0.29, 0.717) is 48.7 Å². The van der Waals surface area contributed by atoms with Gasteiger partial charge in [-0.15, -0.1) is 0 Å². The molecule has 35 heavy (non-hydrogen) atoms. The lowest BCUT2D eigenvalue weighted by Gasteiger charge is -2.36. The second-order valence-corrected chi connectivity index (χ2v) is 8.78. The number of nitrogens with zero attached hydrogens (tertiary/aromatic N) is 4. The van der Waals surface area contributed by atoms with Crippen LogP contribution in [0.3, 0.4) is 0 Å². The van der Waals surface area contributed by atoms with Crippen molar-refractivity contribution in [3.05, 3.63) is 89.2 Å². The highest BCUT2D eigenvalue weighted by Gasteiger charge is 2.30. The van der Waals surface area contributed by atoms with Crippen LogP contribution in [0, 0.1) is 0 Å². The average molecular weight is 493 g/mol. The van der Waals surface area contributed by atoms with E-state index in [1.807, 2.05) is 49.4 Å². The van der Waals surface area contributed by atoms with Crippen molar-refractivity contribution in [2.24, 2.45) is 0 Å². The van der Waals surface area contributed by atoms with Gasteiger partial charge < -0.3 is 18.6 Å². The van der Waals surface area contributed by atoms with Crippen LogP contribution in [-0.4, -0.2) is 52.0 Å². The predicted octanol–water partition coefficient (Wildman–Crippen LogP) is 5.08. The minimum absolute atomic E-state index is 0.0701. The van der Waals surface area contributed by atoms with Crippen molar-refractivity contribution in [3.63, 3.8) is 0 Å². The van der Waals surface area contributed by atoms with Gasteiger partial charge >= 0.3 is 0 Å². The van der Waals surface area contributed by atoms with E-state index in [2.05, 4.69) is 15.0 Å². The van der Waals surface area contributed by atoms with E-state index in [1.165, 1.54) is 6.26 Å². The van der Waals surface area contributed by atoms with Crippen LogP contribution in [0.4, 0.5) is 0 Å². The summed E-state index contributed by atoms with van der Waals surface area (Å²) in [5, 5.41) is 4.77. The Hall–Kier alpha value is -3.62. The third-order valence-corrected chi connectivity index (χ3v) is 6.38. The van der Waals surface area contributed by atoms with Gasteiger partial charge in [0.05, 0.1) is 12.3 Å². The standard InChI is InChI=1S/C26H25ClN4O4/c1-18(25-28-24(29-35-25)19-7-9-21(27)10-8-19)30-12-14-31(15-13-30)26(32)23-20(11-16-33-23)17-34-22-5-3-2-4-6-22/h2-11,16,18H,12-15,17H2,1H3. The fourth-order valence-corrected chi connectivity index (χ4v) is 4.17. The Balaban J connectivity index is 1.17. The zero-order valence-corrected chi connectivity index (χ0v) is 20.0. The van der Waals surface area contributed by atoms with Crippen LogP contribution in [0.5, 0.6) is 5.75 Å². The third-order valence-electron chi connectivity index (χ3n) is 6.13. The van der Waals surface area contributed by atoms with Gasteiger partial charge in [-0.3, -0.25) is 9.69 Å². The van der Waals surface area contributed by atoms with Gasteiger partial charge in [-0.25, -0.2) is 0 Å². The van der Waals surface area contributed by atoms with Crippen LogP contribution in [0.25, 0.3) is 11.4 Å². The number of halogens is 1. The minimum atomic E-state index is -0.128. The minimum Gasteiger partial charge on any atom is -0.489 e. The summed E-state index contributed by atoms with van der Waals surface area (Å²) in [5.41, 5.74) is 1.58. The smallest absolute Gasteiger partial charge is 0.290 e. The molecule has 0 radical (unpaired) electrons. The Bertz CT molecular complexity index is 1260. The quantitative estimate of drug-likeness (QED) is 0.355. The molecule has 3 heterocycles. The first-order chi connectivity index (χ1) is 17.1. The third kappa shape index (κ3) is 5.23. The zero-order valence-electron chi connectivity index (χ0n) is 19.3. The molecule has 0 spiro atoms. The number of rotatable bonds is 7. The fourth-order valence-electron chi connectivity index (χ4n) is 4.05. The van der Waals surface area contributed by atoms with Gasteiger partial charge in [0.2, 0.25) is 11.7 Å². The highest BCUT2D eigenvalue weighted by molar-refractivity contribution is 6.30. The zero-order chi connectivity index (χ0) is 24.2. The molecule has 1 unspecified atom stereocenters. The second-order valence-electron chi connectivity index (χ2n) is 8.34. The number of furan rings is 1. The average Bonchev–Trinajstić information content (AvgIpc) is 3.58. The number of hydrogen-bond acceptors (Lipinski definition) is 7. The first kappa shape index (κ1) is 23.1. The Morgan fingerprint density at radius 3 is 2.54 bits per heavy atom. The van der Waals surface area contributed by atoms with E-state index in [0.717, 1.165) is 16.9 Å². The first-order valence-electron chi connectivity index (χ1n) is 11.5. The van der Waals surface area contributed by atoms with E-state index in [4.69, 9.17) is 25.3 Å². The number of aromatic nitrogens is 2. The Labute approximate surface area is 208 Å². The second kappa shape index (κ2) is 10.3. The van der Waals surface area contributed by atoms with Crippen LogP contribution in [0.15, 0.2) is 75.9 Å². The number of para-hydroxylation sites is 1. The van der Waals surface area contributed by atoms with Crippen molar-refractivity contribution in [2.75, 3.05) is 26.2 Å². The van der Waals surface area contributed by atoms with E-state index in [9.17, 15) is 4.79 Å². The highest BCUT2D eigenvalue weighted by atomic mass is 35.5. The van der Waals surface area contributed by atoms with E-state index < -0.39 is 0 Å². The largest absolute Gasteiger partial charge is 0.489 e. The van der Waals surface area contributed by atoms with Crippen LogP contribution >= 0.6 is 11.6 Å². The number of piperazine rings is 1. The summed E-state index contributed by atoms with van der Waals surface area (Å²) in [7, 11) is 0. The molecule has 1 atom stereocenters. The van der Waals surface area contributed by atoms with Gasteiger partial charge in [0, 0.05) is 42.3 Å². The molecule has 9 heteroatoms. The van der Waals surface area contributed by atoms with E-state index >= 15 is 0 Å². The molecule has 0 bridgehead atoms. The van der Waals surface area contributed by atoms with Crippen LogP contribution in [-0.2, 0) is 6.61 Å². The van der Waals surface area contributed by atoms with Crippen LogP contribution in [0.1, 0.15) is 35.0 Å². The molecule has 0 aliphatic carbocycles. The highest BCUT2D eigenvalue weighted by Crippen LogP contribution is 2.25. The molecule has 1 amide bonds. The monoisotopic (exact) mass is 492 g/mol. The molecule has 8 nitrogen and oxygen atoms in total. The summed E-state index contributed by atoms with van der Waals surface area (Å²) < 4.78 is 16.9. The summed E-state index contributed by atoms with van der Waals surface area (Å²) in [4.78, 5) is 21.7. The summed E-state index contributed by atoms with van der Waals surface area (Å²) in [5.74, 6) is 2.01. The molecule has 1 fully saturated rings. The lowest BCUT2D eigenvalue weighted by Crippen LogP contribution is -2.49. The summed E-state index contributed by atoms with van der Waals surface area (Å²) in [6.07, 6.45) is 1.53. The van der Waals surface area contributed by atoms with E-state index in [-0.39, 0.29) is 18.6 Å². The van der Waals surface area contributed by atoms with Crippen molar-refractivity contribution in [1.29, 1.82) is 0 Å². The molecule has 2 aromatic carbocycles. The molecule has 0 N–H and O–H groups in total. The lowest BCUT2D eigenvalue weighted by atomic mass is 10.2. The fraction of sp³-hybridized carbons (Fsp3) is 0.269. The predicted molar refractivity (Wildman–Crippen MR) is 130 cm³/mol. The molecule has 1 saturated heterocycles. The van der Waals surface area contributed by atoms with Gasteiger partial charge in [0.15, 0.2) is 5.76 Å². The van der Waals surface area contributed by atoms with Gasteiger partial charge in [-0.05, 0) is 49.4 Å². The van der Waals surface area contributed by atoms with Crippen molar-refractivity contribution in [3.8, 4) is 17.1 Å². The maximum absolute atomic E-state index is 13.1. The molecule has 2 aromatic heterocycles. The Morgan fingerprint density at radius 2 is 1.80 bits per heavy atom. The summed E-state index contributed by atoms with van der Waals surface area (Å²) in [6, 6.07) is 18.5. The van der Waals surface area contributed by atoms with E-state index in [1.54, 1.807) is 23.1 Å². The van der Waals surface area contributed by atoms with Crippen molar-refractivity contribution in [1.82, 2.24) is 19.9 Å². The molecule has 4 aromatic rings. The molecular formula is C26H25ClN4O4. The Morgan fingerprint density at radius 1 is 1.06 bits per heavy atom. The van der Waals surface area contributed by atoms with Gasteiger partial charge in [-0.2, -0.15) is 4.98 Å². The van der Waals surface area contributed by atoms with Crippen molar-refractivity contribution < 1.29 is 18.5 Å². The number of carbonyl (C=O) groups excluding carboxylic acids is 1. The van der Waals surface area contributed by atoms with Crippen LogP contribution < -0.4 is 4.74 Å². The van der Waals surface area contributed by atoms with Crippen LogP contribution in [0.2, 0.25) is 5.02 Å². The Kier molecular flexibility index (Phi) is 6.83. The molecule has 5 rings (SSSR count). The number of benzene rings is 2. The maximum Gasteiger partial charge on any atom is 0.290 e. The molecule has 1 aliphatic rings. The SMILES string of the molecule is CC(c1nc(-c2ccc(Cl)cc2)no1)N1CCN(C(=O)c2occc2COc2ccccc2)CC1. The molecule has 1 aliphatic heterocycles. The van der Waals surface area contributed by atoms with Gasteiger partial charge in [0.25, 0.3) is 5.91 Å². The van der Waals surface area contributed by atoms with Crippen molar-refractivity contribution >= 4 is 17.5 Å². The molecular weight excluding hydrogens is 468 g/mol. The number of hydrogen-bond donors (Lipinski definition) is 0. The number of ether oxygens (including phenoxy) is 1. The topological polar surface area (TPSA) is 84.8 Å². The number of carbonyl (C=O) groups is 1. The first-order valence-corrected chi connectivity index (χ1v) is 11.8. The molecule has 180 valence electrons. The maximum atomic E-state index is 13.1. The van der Waals surface area contributed by atoms with Gasteiger partial charge in [-0.1, -0.05) is 35.0 Å². The van der Waals surface area contributed by atoms with Gasteiger partial charge in [0.1, 0.15) is 12.4 Å². The lowest BCUT2D eigenvalue weighted by molar-refractivity contribution is 0.0521. The normalized spacial score (nSPS) is 15.2. The summed E-state index contributed by atoms with van der Waals surface area (Å²) in [6.45, 7) is 4.81. The van der Waals surface area contributed by atoms with Crippen molar-refractivity contribution in [2.45, 2.75) is 19.6 Å². The number of amides is 1.